The molecule has 0 bridgehead atoms. The zero-order chi connectivity index (χ0) is 14.4. The summed E-state index contributed by atoms with van der Waals surface area (Å²) >= 11 is 1.58. The van der Waals surface area contributed by atoms with E-state index in [1.54, 1.807) is 11.8 Å². The van der Waals surface area contributed by atoms with Crippen LogP contribution >= 0.6 is 11.8 Å². The molecule has 2 amide bonds. The lowest BCUT2D eigenvalue weighted by molar-refractivity contribution is 0.0696. The molecule has 0 heterocycles. The summed E-state index contributed by atoms with van der Waals surface area (Å²) in [6, 6.07) is 2.74. The molecule has 104 valence electrons. The lowest BCUT2D eigenvalue weighted by Crippen LogP contribution is -2.37. The Balaban J connectivity index is 2.67. The maximum Gasteiger partial charge on any atom is 0.335 e. The molecular formula is C12H15FN2O3S. The molecule has 0 aliphatic heterocycles. The van der Waals surface area contributed by atoms with Crippen LogP contribution in [0.4, 0.5) is 14.9 Å². The Morgan fingerprint density at radius 2 is 2.16 bits per heavy atom. The van der Waals surface area contributed by atoms with Crippen molar-refractivity contribution in [3.05, 3.63) is 29.6 Å². The molecule has 0 fully saturated rings. The zero-order valence-corrected chi connectivity index (χ0v) is 11.4. The van der Waals surface area contributed by atoms with Gasteiger partial charge in [0.15, 0.2) is 0 Å². The smallest absolute Gasteiger partial charge is 0.335 e. The second kappa shape index (κ2) is 6.98. The zero-order valence-electron chi connectivity index (χ0n) is 10.6. The molecule has 0 radical (unpaired) electrons. The average Bonchev–Trinajstić information content (AvgIpc) is 2.31. The number of carboxylic acids is 1. The average molecular weight is 286 g/mol. The van der Waals surface area contributed by atoms with Crippen LogP contribution in [0.5, 0.6) is 0 Å². The van der Waals surface area contributed by atoms with Crippen LogP contribution in [0.3, 0.4) is 0 Å². The van der Waals surface area contributed by atoms with Crippen LogP contribution in [0.1, 0.15) is 17.3 Å². The van der Waals surface area contributed by atoms with Crippen LogP contribution in [0.15, 0.2) is 18.2 Å². The highest BCUT2D eigenvalue weighted by atomic mass is 32.2. The van der Waals surface area contributed by atoms with Crippen LogP contribution < -0.4 is 10.6 Å². The molecule has 3 N–H and O–H groups in total. The quantitative estimate of drug-likeness (QED) is 0.776. The second-order valence-electron chi connectivity index (χ2n) is 3.95. The van der Waals surface area contributed by atoms with E-state index >= 15 is 0 Å². The van der Waals surface area contributed by atoms with Gasteiger partial charge in [-0.05, 0) is 31.4 Å². The Morgan fingerprint density at radius 3 is 2.68 bits per heavy atom. The molecule has 0 saturated heterocycles. The number of halogens is 1. The number of rotatable bonds is 5. The maximum atomic E-state index is 13.5. The molecule has 1 rings (SSSR count). The highest BCUT2D eigenvalue weighted by Gasteiger charge is 2.12. The third-order valence-corrected chi connectivity index (χ3v) is 3.09. The molecule has 0 aliphatic rings. The third kappa shape index (κ3) is 4.78. The minimum absolute atomic E-state index is 0.0450. The van der Waals surface area contributed by atoms with E-state index in [0.29, 0.717) is 0 Å². The van der Waals surface area contributed by atoms with Crippen LogP contribution in [-0.4, -0.2) is 35.2 Å². The fourth-order valence-corrected chi connectivity index (χ4v) is 2.01. The summed E-state index contributed by atoms with van der Waals surface area (Å²) < 4.78 is 13.5. The van der Waals surface area contributed by atoms with Gasteiger partial charge in [-0.15, -0.1) is 0 Å². The first kappa shape index (κ1) is 15.3. The molecule has 1 unspecified atom stereocenters. The Bertz CT molecular complexity index is 482. The minimum atomic E-state index is -1.22. The molecule has 5 nitrogen and oxygen atoms in total. The van der Waals surface area contributed by atoms with E-state index in [0.717, 1.165) is 11.8 Å². The van der Waals surface area contributed by atoms with Gasteiger partial charge in [0.1, 0.15) is 5.82 Å². The number of benzene rings is 1. The first-order valence-electron chi connectivity index (χ1n) is 5.53. The van der Waals surface area contributed by atoms with Gasteiger partial charge in [-0.25, -0.2) is 14.0 Å². The van der Waals surface area contributed by atoms with Gasteiger partial charge in [0.2, 0.25) is 0 Å². The van der Waals surface area contributed by atoms with Gasteiger partial charge in [-0.3, -0.25) is 0 Å². The van der Waals surface area contributed by atoms with E-state index in [9.17, 15) is 14.0 Å². The van der Waals surface area contributed by atoms with Crippen molar-refractivity contribution in [3.8, 4) is 0 Å². The van der Waals surface area contributed by atoms with E-state index in [1.807, 2.05) is 13.2 Å². The number of anilines is 1. The number of urea groups is 1. The number of hydrogen-bond donors (Lipinski definition) is 3. The van der Waals surface area contributed by atoms with Gasteiger partial charge in [0.05, 0.1) is 11.3 Å². The largest absolute Gasteiger partial charge is 0.478 e. The number of nitrogens with one attached hydrogen (secondary N) is 2. The van der Waals surface area contributed by atoms with Gasteiger partial charge >= 0.3 is 12.0 Å². The van der Waals surface area contributed by atoms with Gasteiger partial charge in [-0.1, -0.05) is 0 Å². The summed E-state index contributed by atoms with van der Waals surface area (Å²) in [5.74, 6) is -1.26. The van der Waals surface area contributed by atoms with Crippen LogP contribution in [0, 0.1) is 5.82 Å². The predicted octanol–water partition coefficient (Wildman–Crippen LogP) is 2.40. The second-order valence-corrected chi connectivity index (χ2v) is 4.87. The summed E-state index contributed by atoms with van der Waals surface area (Å²) in [5, 5.41) is 13.7. The van der Waals surface area contributed by atoms with Crippen LogP contribution in [0.25, 0.3) is 0 Å². The van der Waals surface area contributed by atoms with Gasteiger partial charge in [-0.2, -0.15) is 11.8 Å². The van der Waals surface area contributed by atoms with E-state index in [2.05, 4.69) is 10.6 Å². The molecule has 0 saturated carbocycles. The number of thioether (sulfide) groups is 1. The molecule has 7 heteroatoms. The molecule has 0 aromatic heterocycles. The topological polar surface area (TPSA) is 78.4 Å². The van der Waals surface area contributed by atoms with Crippen molar-refractivity contribution in [1.82, 2.24) is 5.32 Å². The van der Waals surface area contributed by atoms with Crippen molar-refractivity contribution in [2.45, 2.75) is 13.0 Å². The Kier molecular flexibility index (Phi) is 5.62. The van der Waals surface area contributed by atoms with Crippen molar-refractivity contribution in [2.75, 3.05) is 17.3 Å². The molecule has 1 atom stereocenters. The van der Waals surface area contributed by atoms with Gasteiger partial charge in [0, 0.05) is 11.8 Å². The summed E-state index contributed by atoms with van der Waals surface area (Å²) in [6.45, 7) is 1.83. The van der Waals surface area contributed by atoms with Crippen LogP contribution in [0.2, 0.25) is 0 Å². The molecule has 0 spiro atoms. The number of hydrogen-bond acceptors (Lipinski definition) is 3. The number of carbonyl (C=O) groups is 2. The third-order valence-electron chi connectivity index (χ3n) is 2.26. The summed E-state index contributed by atoms with van der Waals surface area (Å²) in [4.78, 5) is 22.2. The van der Waals surface area contributed by atoms with Gasteiger partial charge < -0.3 is 15.7 Å². The Hall–Kier alpha value is -1.76. The first-order valence-corrected chi connectivity index (χ1v) is 6.92. The normalized spacial score (nSPS) is 11.7. The number of amides is 2. The monoisotopic (exact) mass is 286 g/mol. The van der Waals surface area contributed by atoms with E-state index < -0.39 is 17.8 Å². The maximum absolute atomic E-state index is 13.5. The fourth-order valence-electron chi connectivity index (χ4n) is 1.42. The fraction of sp³-hybridized carbons (Fsp3) is 0.333. The SMILES string of the molecule is CSCC(C)NC(=O)Nc1ccc(C(=O)O)cc1F. The van der Waals surface area contributed by atoms with E-state index in [4.69, 9.17) is 5.11 Å². The van der Waals surface area contributed by atoms with E-state index in [-0.39, 0.29) is 17.3 Å². The summed E-state index contributed by atoms with van der Waals surface area (Å²) in [7, 11) is 0. The first-order chi connectivity index (χ1) is 8.93. The van der Waals surface area contributed by atoms with Crippen molar-refractivity contribution in [3.63, 3.8) is 0 Å². The lowest BCUT2D eigenvalue weighted by Gasteiger charge is -2.13. The number of aromatic carboxylic acids is 1. The highest BCUT2D eigenvalue weighted by molar-refractivity contribution is 7.98. The van der Waals surface area contributed by atoms with Crippen molar-refractivity contribution in [1.29, 1.82) is 0 Å². The van der Waals surface area contributed by atoms with Crippen LogP contribution in [-0.2, 0) is 0 Å². The lowest BCUT2D eigenvalue weighted by atomic mass is 10.2. The minimum Gasteiger partial charge on any atom is -0.478 e. The number of carbonyl (C=O) groups excluding carboxylic acids is 1. The Labute approximate surface area is 114 Å². The molecule has 19 heavy (non-hydrogen) atoms. The molecule has 1 aromatic carbocycles. The summed E-state index contributed by atoms with van der Waals surface area (Å²) in [6.07, 6.45) is 1.92. The predicted molar refractivity (Wildman–Crippen MR) is 73.4 cm³/mol. The Morgan fingerprint density at radius 1 is 1.47 bits per heavy atom. The highest BCUT2D eigenvalue weighted by Crippen LogP contribution is 2.15. The molecular weight excluding hydrogens is 271 g/mol. The standard InChI is InChI=1S/C12H15FN2O3S/c1-7(6-19-2)14-12(18)15-10-4-3-8(11(16)17)5-9(10)13/h3-5,7H,6H2,1-2H3,(H,16,17)(H2,14,15,18). The summed E-state index contributed by atoms with van der Waals surface area (Å²) in [5.41, 5.74) is -0.224. The number of carboxylic acid groups (broad SMARTS) is 1. The van der Waals surface area contributed by atoms with Crippen molar-refractivity contribution >= 4 is 29.4 Å². The van der Waals surface area contributed by atoms with Crippen molar-refractivity contribution < 1.29 is 19.1 Å². The van der Waals surface area contributed by atoms with E-state index in [1.165, 1.54) is 12.1 Å². The molecule has 0 aliphatic carbocycles. The van der Waals surface area contributed by atoms with Gasteiger partial charge in [0.25, 0.3) is 0 Å². The van der Waals surface area contributed by atoms with Crippen molar-refractivity contribution in [2.24, 2.45) is 0 Å². The molecule has 1 aromatic rings.